The normalized spacial score (nSPS) is 24.2. The van der Waals surface area contributed by atoms with E-state index in [4.69, 9.17) is 0 Å². The Hall–Kier alpha value is -2.01. The molecule has 0 aliphatic carbocycles. The quantitative estimate of drug-likeness (QED) is 0.838. The first-order valence-electron chi connectivity index (χ1n) is 7.04. The summed E-state index contributed by atoms with van der Waals surface area (Å²) in [5.74, 6) is 1.63. The van der Waals surface area contributed by atoms with Gasteiger partial charge in [0.05, 0.1) is 0 Å². The van der Waals surface area contributed by atoms with E-state index < -0.39 is 0 Å². The largest absolute Gasteiger partial charge is 0.316 e. The van der Waals surface area contributed by atoms with Crippen LogP contribution < -0.4 is 10.9 Å². The maximum atomic E-state index is 12.4. The first kappa shape index (κ1) is 11.8. The number of rotatable bonds is 1. The van der Waals surface area contributed by atoms with Gasteiger partial charge >= 0.3 is 0 Å². The molecule has 0 aromatic carbocycles. The third-order valence-corrected chi connectivity index (χ3v) is 4.28. The average molecular weight is 268 g/mol. The van der Waals surface area contributed by atoms with Crippen LogP contribution in [0, 0.1) is 5.92 Å². The van der Waals surface area contributed by atoms with Gasteiger partial charge in [-0.05, 0) is 31.0 Å². The van der Waals surface area contributed by atoms with Crippen molar-refractivity contribution in [3.63, 3.8) is 0 Å². The van der Waals surface area contributed by atoms with Gasteiger partial charge in [-0.3, -0.25) is 4.79 Å². The number of nitrogens with one attached hydrogen (secondary N) is 1. The van der Waals surface area contributed by atoms with Gasteiger partial charge in [-0.15, -0.1) is 0 Å². The van der Waals surface area contributed by atoms with Crippen LogP contribution in [0.5, 0.6) is 0 Å². The number of hydrogen-bond donors (Lipinski definition) is 1. The lowest BCUT2D eigenvalue weighted by molar-refractivity contribution is 0.257. The van der Waals surface area contributed by atoms with E-state index >= 15 is 0 Å². The Labute approximate surface area is 116 Å². The molecule has 2 aromatic heterocycles. The molecule has 5 heteroatoms. The zero-order chi connectivity index (χ0) is 13.5. The zero-order valence-electron chi connectivity index (χ0n) is 11.1. The predicted octanol–water partition coefficient (Wildman–Crippen LogP) is 1.01. The van der Waals surface area contributed by atoms with Gasteiger partial charge in [-0.1, -0.05) is 0 Å². The maximum Gasteiger partial charge on any atom is 0.251 e. The molecule has 2 aliphatic rings. The molecular formula is C15H16N4O. The number of aromatic nitrogens is 3. The molecule has 0 amide bonds. The second kappa shape index (κ2) is 4.52. The van der Waals surface area contributed by atoms with Gasteiger partial charge < -0.3 is 9.88 Å². The molecule has 1 fully saturated rings. The van der Waals surface area contributed by atoms with Crippen LogP contribution in [0.15, 0.2) is 35.4 Å². The van der Waals surface area contributed by atoms with Crippen molar-refractivity contribution >= 4 is 0 Å². The summed E-state index contributed by atoms with van der Waals surface area (Å²) in [7, 11) is 0. The molecule has 102 valence electrons. The van der Waals surface area contributed by atoms with Crippen LogP contribution in [0.1, 0.15) is 18.0 Å². The molecule has 0 unspecified atom stereocenters. The molecule has 20 heavy (non-hydrogen) atoms. The fourth-order valence-corrected chi connectivity index (χ4v) is 3.38. The van der Waals surface area contributed by atoms with Gasteiger partial charge in [-0.2, -0.15) is 0 Å². The fraction of sp³-hybridized carbons (Fsp3) is 0.400. The summed E-state index contributed by atoms with van der Waals surface area (Å²) in [6, 6.07) is 5.53. The monoisotopic (exact) mass is 268 g/mol. The van der Waals surface area contributed by atoms with Gasteiger partial charge in [0, 0.05) is 48.7 Å². The highest BCUT2D eigenvalue weighted by molar-refractivity contribution is 5.55. The van der Waals surface area contributed by atoms with E-state index in [1.54, 1.807) is 24.5 Å². The summed E-state index contributed by atoms with van der Waals surface area (Å²) in [5, 5.41) is 3.46. The number of fused-ring (bicyclic) bond motifs is 4. The molecule has 2 bridgehead atoms. The molecule has 0 radical (unpaired) electrons. The second-order valence-corrected chi connectivity index (χ2v) is 5.65. The number of nitrogens with zero attached hydrogens (tertiary/aromatic N) is 3. The van der Waals surface area contributed by atoms with Crippen LogP contribution in [0.2, 0.25) is 0 Å². The molecule has 2 aromatic rings. The highest BCUT2D eigenvalue weighted by atomic mass is 16.1. The van der Waals surface area contributed by atoms with E-state index in [2.05, 4.69) is 21.4 Å². The smallest absolute Gasteiger partial charge is 0.251 e. The minimum absolute atomic E-state index is 0.0709. The van der Waals surface area contributed by atoms with Crippen molar-refractivity contribution in [2.24, 2.45) is 5.92 Å². The van der Waals surface area contributed by atoms with Gasteiger partial charge in [0.2, 0.25) is 0 Å². The second-order valence-electron chi connectivity index (χ2n) is 5.65. The minimum atomic E-state index is 0.0709. The molecule has 4 rings (SSSR count). The Morgan fingerprint density at radius 2 is 2.05 bits per heavy atom. The minimum Gasteiger partial charge on any atom is -0.316 e. The summed E-state index contributed by atoms with van der Waals surface area (Å²) in [6.07, 6.45) is 4.58. The Balaban J connectivity index is 1.86. The van der Waals surface area contributed by atoms with Crippen LogP contribution >= 0.6 is 0 Å². The molecule has 0 saturated carbocycles. The van der Waals surface area contributed by atoms with Crippen molar-refractivity contribution in [2.45, 2.75) is 18.9 Å². The number of piperidine rings is 1. The van der Waals surface area contributed by atoms with E-state index in [0.717, 1.165) is 30.9 Å². The van der Waals surface area contributed by atoms with E-state index in [9.17, 15) is 4.79 Å². The molecule has 5 nitrogen and oxygen atoms in total. The van der Waals surface area contributed by atoms with Crippen molar-refractivity contribution < 1.29 is 0 Å². The van der Waals surface area contributed by atoms with Crippen molar-refractivity contribution in [3.05, 3.63) is 46.6 Å². The topological polar surface area (TPSA) is 59.8 Å². The Kier molecular flexibility index (Phi) is 2.67. The van der Waals surface area contributed by atoms with Crippen molar-refractivity contribution in [3.8, 4) is 11.4 Å². The van der Waals surface area contributed by atoms with Crippen LogP contribution in [-0.2, 0) is 6.54 Å². The van der Waals surface area contributed by atoms with Crippen molar-refractivity contribution in [1.82, 2.24) is 19.9 Å². The van der Waals surface area contributed by atoms with Crippen LogP contribution in [0.4, 0.5) is 0 Å². The van der Waals surface area contributed by atoms with Gasteiger partial charge in [0.1, 0.15) is 0 Å². The molecule has 2 aliphatic heterocycles. The fourth-order valence-electron chi connectivity index (χ4n) is 3.38. The van der Waals surface area contributed by atoms with Crippen LogP contribution in [0.25, 0.3) is 11.4 Å². The first-order chi connectivity index (χ1) is 9.81. The lowest BCUT2D eigenvalue weighted by Crippen LogP contribution is -2.44. The molecule has 2 atom stereocenters. The Morgan fingerprint density at radius 1 is 1.20 bits per heavy atom. The third kappa shape index (κ3) is 1.86. The summed E-state index contributed by atoms with van der Waals surface area (Å²) in [4.78, 5) is 20.9. The summed E-state index contributed by atoms with van der Waals surface area (Å²) < 4.78 is 1.94. The van der Waals surface area contributed by atoms with E-state index in [1.807, 2.05) is 4.57 Å². The van der Waals surface area contributed by atoms with Gasteiger partial charge in [0.25, 0.3) is 5.56 Å². The highest BCUT2D eigenvalue weighted by Gasteiger charge is 2.31. The molecule has 0 spiro atoms. The van der Waals surface area contributed by atoms with Gasteiger partial charge in [0.15, 0.2) is 5.82 Å². The van der Waals surface area contributed by atoms with E-state index in [-0.39, 0.29) is 5.56 Å². The summed E-state index contributed by atoms with van der Waals surface area (Å²) >= 11 is 0. The third-order valence-electron chi connectivity index (χ3n) is 4.28. The van der Waals surface area contributed by atoms with E-state index in [0.29, 0.717) is 17.7 Å². The lowest BCUT2D eigenvalue weighted by Gasteiger charge is -2.37. The summed E-state index contributed by atoms with van der Waals surface area (Å²) in [6.45, 7) is 2.80. The Bertz CT molecular complexity index is 695. The molecule has 1 N–H and O–H groups in total. The maximum absolute atomic E-state index is 12.4. The molecule has 1 saturated heterocycles. The van der Waals surface area contributed by atoms with Crippen LogP contribution in [-0.4, -0.2) is 27.6 Å². The van der Waals surface area contributed by atoms with Crippen molar-refractivity contribution in [1.29, 1.82) is 0 Å². The Morgan fingerprint density at radius 3 is 2.90 bits per heavy atom. The van der Waals surface area contributed by atoms with Crippen molar-refractivity contribution in [2.75, 3.05) is 13.1 Å². The predicted molar refractivity (Wildman–Crippen MR) is 75.4 cm³/mol. The number of pyridine rings is 1. The van der Waals surface area contributed by atoms with Gasteiger partial charge in [-0.25, -0.2) is 9.97 Å². The standard InChI is InChI=1S/C15H16N4O/c20-14-6-11(15-17-2-1-3-18-15)5-13-12-4-10(7-16-8-12)9-19(13)14/h1-3,5-6,10,12,16H,4,7-9H2/t10-,12+/m0/s1. The first-order valence-corrected chi connectivity index (χ1v) is 7.04. The number of hydrogen-bond acceptors (Lipinski definition) is 4. The lowest BCUT2D eigenvalue weighted by atomic mass is 9.84. The molecular weight excluding hydrogens is 252 g/mol. The highest BCUT2D eigenvalue weighted by Crippen LogP contribution is 2.33. The van der Waals surface area contributed by atoms with E-state index in [1.165, 1.54) is 6.42 Å². The van der Waals surface area contributed by atoms with Crippen LogP contribution in [0.3, 0.4) is 0 Å². The summed E-state index contributed by atoms with van der Waals surface area (Å²) in [5.41, 5.74) is 2.02. The SMILES string of the molecule is O=c1cc(-c2ncccn2)cc2n1C[C@@H]1CNC[C@H]2C1. The molecule has 4 heterocycles. The zero-order valence-corrected chi connectivity index (χ0v) is 11.1. The average Bonchev–Trinajstić information content (AvgIpc) is 2.49.